The van der Waals surface area contributed by atoms with Crippen LogP contribution >= 0.6 is 0 Å². The Hall–Kier alpha value is -4.48. The molecule has 1 amide bonds. The highest BCUT2D eigenvalue weighted by Crippen LogP contribution is 2.67. The molecule has 4 atom stereocenters. The molecule has 1 saturated heterocycles. The SMILES string of the molecule is CCN(CC)C(=O)c1cn(C2c3cc4c(cc3[C@@H](c3cc(OC)c(OC)c(OC)c3)[C@@]3(C)C(=O)OC[C@]23C)OCO4)nn1. The van der Waals surface area contributed by atoms with Crippen LogP contribution < -0.4 is 23.7 Å². The molecule has 0 bridgehead atoms. The molecule has 0 spiro atoms. The van der Waals surface area contributed by atoms with E-state index in [1.165, 1.54) is 0 Å². The third-order valence-corrected chi connectivity index (χ3v) is 9.54. The van der Waals surface area contributed by atoms with Crippen LogP contribution in [0.25, 0.3) is 0 Å². The molecule has 3 heterocycles. The van der Waals surface area contributed by atoms with E-state index in [1.807, 2.05) is 52.0 Å². The molecule has 0 saturated carbocycles. The Bertz CT molecular complexity index is 1580. The molecule has 12 nitrogen and oxygen atoms in total. The van der Waals surface area contributed by atoms with Gasteiger partial charge in [0.25, 0.3) is 5.91 Å². The standard InChI is InChI=1S/C31H36N4O8/c1-8-34(9-2)28(36)20-14-35(33-32-20)27-19-13-22-21(42-16-43-22)12-18(19)25(31(4)29(37)41-15-30(27,31)3)17-10-23(38-5)26(40-7)24(11-17)39-6/h10-14,25,27H,8-9,15-16H2,1-7H3/t25-,27?,30-,31+/m1/s1. The zero-order valence-electron chi connectivity index (χ0n) is 25.4. The van der Waals surface area contributed by atoms with Crippen molar-refractivity contribution in [3.63, 3.8) is 0 Å². The van der Waals surface area contributed by atoms with E-state index in [2.05, 4.69) is 10.3 Å². The first-order chi connectivity index (χ1) is 20.7. The van der Waals surface area contributed by atoms with Crippen LogP contribution in [0, 0.1) is 10.8 Å². The summed E-state index contributed by atoms with van der Waals surface area (Å²) < 4.78 is 36.2. The lowest BCUT2D eigenvalue weighted by Crippen LogP contribution is -2.53. The minimum Gasteiger partial charge on any atom is -0.493 e. The van der Waals surface area contributed by atoms with E-state index in [9.17, 15) is 9.59 Å². The van der Waals surface area contributed by atoms with Gasteiger partial charge in [-0.2, -0.15) is 0 Å². The van der Waals surface area contributed by atoms with Gasteiger partial charge in [-0.3, -0.25) is 9.59 Å². The Morgan fingerprint density at radius 1 is 0.977 bits per heavy atom. The molecule has 12 heteroatoms. The Morgan fingerprint density at radius 3 is 2.19 bits per heavy atom. The normalized spacial score (nSPS) is 25.0. The average molecular weight is 593 g/mol. The zero-order valence-corrected chi connectivity index (χ0v) is 25.4. The number of cyclic esters (lactones) is 1. The average Bonchev–Trinajstić information content (AvgIpc) is 3.74. The predicted molar refractivity (Wildman–Crippen MR) is 153 cm³/mol. The van der Waals surface area contributed by atoms with Crippen LogP contribution in [0.4, 0.5) is 0 Å². The number of nitrogens with zero attached hydrogens (tertiary/aromatic N) is 4. The van der Waals surface area contributed by atoms with Gasteiger partial charge in [-0.1, -0.05) is 12.1 Å². The quantitative estimate of drug-likeness (QED) is 0.357. The van der Waals surface area contributed by atoms with E-state index >= 15 is 0 Å². The second kappa shape index (κ2) is 10.4. The summed E-state index contributed by atoms with van der Waals surface area (Å²) in [5.41, 5.74) is 0.754. The van der Waals surface area contributed by atoms with Gasteiger partial charge in [0.15, 0.2) is 28.7 Å². The first-order valence-corrected chi connectivity index (χ1v) is 14.3. The number of carbonyl (C=O) groups excluding carboxylic acids is 2. The van der Waals surface area contributed by atoms with E-state index in [1.54, 1.807) is 37.1 Å². The maximum atomic E-state index is 14.0. The van der Waals surface area contributed by atoms with Crippen molar-refractivity contribution in [3.05, 3.63) is 52.8 Å². The lowest BCUT2D eigenvalue weighted by atomic mass is 9.49. The van der Waals surface area contributed by atoms with Crippen molar-refractivity contribution >= 4 is 11.9 Å². The van der Waals surface area contributed by atoms with Crippen molar-refractivity contribution in [1.29, 1.82) is 0 Å². The van der Waals surface area contributed by atoms with Crippen LogP contribution in [0.3, 0.4) is 0 Å². The number of ether oxygens (including phenoxy) is 6. The van der Waals surface area contributed by atoms with Gasteiger partial charge in [-0.05, 0) is 61.7 Å². The summed E-state index contributed by atoms with van der Waals surface area (Å²) in [6.07, 6.45) is 1.66. The monoisotopic (exact) mass is 592 g/mol. The fourth-order valence-electron chi connectivity index (χ4n) is 7.06. The van der Waals surface area contributed by atoms with E-state index in [0.29, 0.717) is 41.8 Å². The topological polar surface area (TPSA) is 123 Å². The number of amides is 1. The van der Waals surface area contributed by atoms with Crippen molar-refractivity contribution in [1.82, 2.24) is 19.9 Å². The van der Waals surface area contributed by atoms with E-state index in [4.69, 9.17) is 28.4 Å². The second-order valence-corrected chi connectivity index (χ2v) is 11.4. The molecule has 2 aromatic carbocycles. The molecule has 43 heavy (non-hydrogen) atoms. The van der Waals surface area contributed by atoms with Gasteiger partial charge in [0, 0.05) is 24.4 Å². The molecule has 3 aliphatic rings. The molecule has 1 unspecified atom stereocenters. The highest BCUT2D eigenvalue weighted by atomic mass is 16.7. The zero-order chi connectivity index (χ0) is 30.7. The van der Waals surface area contributed by atoms with E-state index < -0.39 is 22.8 Å². The van der Waals surface area contributed by atoms with E-state index in [-0.39, 0.29) is 31.0 Å². The number of carbonyl (C=O) groups is 2. The number of fused-ring (bicyclic) bond motifs is 3. The number of rotatable bonds is 8. The molecule has 3 aromatic rings. The van der Waals surface area contributed by atoms with Crippen LogP contribution in [0.1, 0.15) is 66.8 Å². The van der Waals surface area contributed by atoms with E-state index in [0.717, 1.165) is 16.7 Å². The molecule has 6 rings (SSSR count). The fraction of sp³-hybridized carbons (Fsp3) is 0.484. The third kappa shape index (κ3) is 3.95. The highest BCUT2D eigenvalue weighted by molar-refractivity contribution is 5.92. The van der Waals surface area contributed by atoms with Crippen molar-refractivity contribution in [2.75, 3.05) is 47.8 Å². The largest absolute Gasteiger partial charge is 0.493 e. The number of hydrogen-bond donors (Lipinski definition) is 0. The van der Waals surface area contributed by atoms with Crippen LogP contribution in [-0.4, -0.2) is 79.6 Å². The van der Waals surface area contributed by atoms with Crippen molar-refractivity contribution < 1.29 is 38.0 Å². The Morgan fingerprint density at radius 2 is 1.60 bits per heavy atom. The minimum atomic E-state index is -1.10. The summed E-state index contributed by atoms with van der Waals surface area (Å²) in [5, 5.41) is 8.74. The summed E-state index contributed by atoms with van der Waals surface area (Å²) >= 11 is 0. The number of esters is 1. The molecule has 0 N–H and O–H groups in total. The van der Waals surface area contributed by atoms with Crippen LogP contribution in [0.2, 0.25) is 0 Å². The van der Waals surface area contributed by atoms with Gasteiger partial charge in [0.2, 0.25) is 12.5 Å². The Kier molecular flexibility index (Phi) is 6.89. The number of methoxy groups -OCH3 is 3. The van der Waals surface area contributed by atoms with Gasteiger partial charge < -0.3 is 33.3 Å². The van der Waals surface area contributed by atoms with Gasteiger partial charge in [0.1, 0.15) is 6.61 Å². The van der Waals surface area contributed by atoms with Crippen molar-refractivity contribution in [2.24, 2.45) is 10.8 Å². The summed E-state index contributed by atoms with van der Waals surface area (Å²) in [6, 6.07) is 7.07. The lowest BCUT2D eigenvalue weighted by Gasteiger charge is -2.51. The predicted octanol–water partition coefficient (Wildman–Crippen LogP) is 3.82. The van der Waals surface area contributed by atoms with Crippen molar-refractivity contribution in [3.8, 4) is 28.7 Å². The summed E-state index contributed by atoms with van der Waals surface area (Å²) in [4.78, 5) is 28.9. The molecule has 1 aromatic heterocycles. The number of hydrogen-bond acceptors (Lipinski definition) is 10. The molecule has 1 fully saturated rings. The highest BCUT2D eigenvalue weighted by Gasteiger charge is 2.68. The second-order valence-electron chi connectivity index (χ2n) is 11.4. The maximum Gasteiger partial charge on any atom is 0.313 e. The molecule has 1 aliphatic carbocycles. The lowest BCUT2D eigenvalue weighted by molar-refractivity contribution is -0.147. The smallest absolute Gasteiger partial charge is 0.313 e. The third-order valence-electron chi connectivity index (χ3n) is 9.54. The van der Waals surface area contributed by atoms with Crippen LogP contribution in [0.5, 0.6) is 28.7 Å². The van der Waals surface area contributed by atoms with Gasteiger partial charge in [0.05, 0.1) is 39.0 Å². The fourth-order valence-corrected chi connectivity index (χ4v) is 7.06. The Labute approximate surface area is 249 Å². The van der Waals surface area contributed by atoms with Gasteiger partial charge in [-0.25, -0.2) is 4.68 Å². The molecular weight excluding hydrogens is 556 g/mol. The molecule has 2 aliphatic heterocycles. The Balaban J connectivity index is 1.61. The maximum absolute atomic E-state index is 14.0. The first-order valence-electron chi connectivity index (χ1n) is 14.3. The van der Waals surface area contributed by atoms with Gasteiger partial charge >= 0.3 is 5.97 Å². The molecule has 228 valence electrons. The number of benzene rings is 2. The minimum absolute atomic E-state index is 0.0835. The van der Waals surface area contributed by atoms with Crippen LogP contribution in [-0.2, 0) is 9.53 Å². The summed E-state index contributed by atoms with van der Waals surface area (Å²) in [7, 11) is 4.66. The summed E-state index contributed by atoms with van der Waals surface area (Å²) in [5.74, 6) is 1.48. The molecular formula is C31H36N4O8. The number of aromatic nitrogens is 3. The molecule has 0 radical (unpaired) electrons. The summed E-state index contributed by atoms with van der Waals surface area (Å²) in [6.45, 7) is 9.09. The van der Waals surface area contributed by atoms with Crippen LogP contribution in [0.15, 0.2) is 30.5 Å². The van der Waals surface area contributed by atoms with Crippen molar-refractivity contribution in [2.45, 2.75) is 39.7 Å². The van der Waals surface area contributed by atoms with Gasteiger partial charge in [-0.15, -0.1) is 5.10 Å². The first kappa shape index (κ1) is 28.6.